The fourth-order valence-electron chi connectivity index (χ4n) is 3.51. The SMILES string of the molecule is Cc1nc(C(=O)N2CCN(c3cccc(F)c3C#N)CC2)nn1-c1ccccc1Cl. The minimum absolute atomic E-state index is 0.0213. The van der Waals surface area contributed by atoms with E-state index in [1.807, 2.05) is 29.2 Å². The molecule has 7 nitrogen and oxygen atoms in total. The van der Waals surface area contributed by atoms with Crippen molar-refractivity contribution in [3.05, 3.63) is 70.5 Å². The number of hydrogen-bond acceptors (Lipinski definition) is 5. The molecule has 0 spiro atoms. The highest BCUT2D eigenvalue weighted by molar-refractivity contribution is 6.32. The number of hydrogen-bond donors (Lipinski definition) is 0. The average Bonchev–Trinajstić information content (AvgIpc) is 3.15. The van der Waals surface area contributed by atoms with Crippen molar-refractivity contribution in [1.82, 2.24) is 19.7 Å². The molecule has 0 aliphatic carbocycles. The minimum Gasteiger partial charge on any atom is -0.367 e. The lowest BCUT2D eigenvalue weighted by Gasteiger charge is -2.36. The Kier molecular flexibility index (Phi) is 5.38. The Bertz CT molecular complexity index is 1150. The number of carbonyl (C=O) groups excluding carboxylic acids is 1. The zero-order valence-electron chi connectivity index (χ0n) is 16.2. The van der Waals surface area contributed by atoms with Gasteiger partial charge in [0.2, 0.25) is 5.82 Å². The van der Waals surface area contributed by atoms with Crippen LogP contribution in [0.25, 0.3) is 5.69 Å². The van der Waals surface area contributed by atoms with Gasteiger partial charge in [0.05, 0.1) is 16.4 Å². The normalized spacial score (nSPS) is 13.9. The van der Waals surface area contributed by atoms with Gasteiger partial charge in [-0.15, -0.1) is 5.10 Å². The minimum atomic E-state index is -0.543. The van der Waals surface area contributed by atoms with Crippen molar-refractivity contribution < 1.29 is 9.18 Å². The zero-order chi connectivity index (χ0) is 21.3. The maximum absolute atomic E-state index is 13.9. The van der Waals surface area contributed by atoms with Gasteiger partial charge in [0.1, 0.15) is 23.3 Å². The highest BCUT2D eigenvalue weighted by atomic mass is 35.5. The van der Waals surface area contributed by atoms with Gasteiger partial charge in [-0.25, -0.2) is 14.1 Å². The van der Waals surface area contributed by atoms with Crippen LogP contribution in [0.5, 0.6) is 0 Å². The van der Waals surface area contributed by atoms with Gasteiger partial charge in [0.25, 0.3) is 5.91 Å². The van der Waals surface area contributed by atoms with E-state index in [1.54, 1.807) is 34.7 Å². The molecule has 0 bridgehead atoms. The molecule has 1 saturated heterocycles. The second-order valence-electron chi connectivity index (χ2n) is 6.87. The second kappa shape index (κ2) is 8.13. The molecule has 0 radical (unpaired) electrons. The van der Waals surface area contributed by atoms with Crippen LogP contribution in [0.3, 0.4) is 0 Å². The lowest BCUT2D eigenvalue weighted by atomic mass is 10.1. The summed E-state index contributed by atoms with van der Waals surface area (Å²) >= 11 is 6.24. The molecule has 3 aromatic rings. The van der Waals surface area contributed by atoms with E-state index in [-0.39, 0.29) is 17.3 Å². The monoisotopic (exact) mass is 424 g/mol. The van der Waals surface area contributed by atoms with E-state index in [1.165, 1.54) is 6.07 Å². The predicted molar refractivity (Wildman–Crippen MR) is 110 cm³/mol. The summed E-state index contributed by atoms with van der Waals surface area (Å²) < 4.78 is 15.5. The molecule has 4 rings (SSSR count). The number of anilines is 1. The lowest BCUT2D eigenvalue weighted by Crippen LogP contribution is -2.49. The van der Waals surface area contributed by atoms with E-state index >= 15 is 0 Å². The molecule has 9 heteroatoms. The number of rotatable bonds is 3. The smallest absolute Gasteiger partial charge is 0.293 e. The lowest BCUT2D eigenvalue weighted by molar-refractivity contribution is 0.0734. The van der Waals surface area contributed by atoms with E-state index < -0.39 is 5.82 Å². The number of amides is 1. The van der Waals surface area contributed by atoms with Crippen molar-refractivity contribution in [3.8, 4) is 11.8 Å². The molecular weight excluding hydrogens is 407 g/mol. The third kappa shape index (κ3) is 3.60. The number of carbonyl (C=O) groups is 1. The van der Waals surface area contributed by atoms with Gasteiger partial charge in [-0.2, -0.15) is 5.26 Å². The molecule has 0 N–H and O–H groups in total. The van der Waals surface area contributed by atoms with Crippen molar-refractivity contribution in [2.75, 3.05) is 31.1 Å². The Balaban J connectivity index is 1.50. The number of aryl methyl sites for hydroxylation is 1. The highest BCUT2D eigenvalue weighted by Gasteiger charge is 2.27. The van der Waals surface area contributed by atoms with Crippen LogP contribution in [0.1, 0.15) is 22.0 Å². The van der Waals surface area contributed by atoms with Gasteiger partial charge >= 0.3 is 0 Å². The van der Waals surface area contributed by atoms with E-state index in [9.17, 15) is 14.4 Å². The maximum Gasteiger partial charge on any atom is 0.293 e. The number of nitriles is 1. The predicted octanol–water partition coefficient (Wildman–Crippen LogP) is 3.20. The van der Waals surface area contributed by atoms with Crippen LogP contribution < -0.4 is 4.90 Å². The number of para-hydroxylation sites is 1. The summed E-state index contributed by atoms with van der Waals surface area (Å²) in [7, 11) is 0. The summed E-state index contributed by atoms with van der Waals surface area (Å²) in [5.74, 6) is -0.158. The topological polar surface area (TPSA) is 78.1 Å². The molecule has 1 amide bonds. The number of halogens is 2. The molecule has 0 unspecified atom stereocenters. The van der Waals surface area contributed by atoms with Gasteiger partial charge in [0, 0.05) is 26.2 Å². The molecule has 1 aromatic heterocycles. The first kappa shape index (κ1) is 19.9. The molecule has 152 valence electrons. The summed E-state index contributed by atoms with van der Waals surface area (Å²) in [6.07, 6.45) is 0. The highest BCUT2D eigenvalue weighted by Crippen LogP contribution is 2.24. The summed E-state index contributed by atoms with van der Waals surface area (Å²) in [4.78, 5) is 20.8. The van der Waals surface area contributed by atoms with Crippen LogP contribution >= 0.6 is 11.6 Å². The zero-order valence-corrected chi connectivity index (χ0v) is 17.0. The van der Waals surface area contributed by atoms with E-state index in [0.717, 1.165) is 0 Å². The first-order valence-electron chi connectivity index (χ1n) is 9.41. The Morgan fingerprint density at radius 1 is 1.10 bits per heavy atom. The molecular formula is C21H18ClFN6O. The van der Waals surface area contributed by atoms with Crippen LogP contribution in [0.15, 0.2) is 42.5 Å². The van der Waals surface area contributed by atoms with E-state index in [4.69, 9.17) is 11.6 Å². The standard InChI is InChI=1S/C21H18ClFN6O/c1-14-25-20(26-29(14)19-7-3-2-5-16(19)22)21(30)28-11-9-27(10-12-28)18-8-4-6-17(23)15(18)13-24/h2-8H,9-12H2,1H3. The van der Waals surface area contributed by atoms with Gasteiger partial charge in [-0.1, -0.05) is 29.8 Å². The first-order valence-corrected chi connectivity index (χ1v) is 9.79. The Labute approximate surface area is 177 Å². The van der Waals surface area contributed by atoms with Crippen LogP contribution in [-0.4, -0.2) is 51.8 Å². The van der Waals surface area contributed by atoms with Crippen molar-refractivity contribution in [3.63, 3.8) is 0 Å². The van der Waals surface area contributed by atoms with Gasteiger partial charge in [0.15, 0.2) is 0 Å². The van der Waals surface area contributed by atoms with E-state index in [2.05, 4.69) is 10.1 Å². The number of benzene rings is 2. The molecule has 0 atom stereocenters. The van der Waals surface area contributed by atoms with Crippen molar-refractivity contribution in [1.29, 1.82) is 5.26 Å². The third-order valence-electron chi connectivity index (χ3n) is 5.05. The third-order valence-corrected chi connectivity index (χ3v) is 5.37. The quantitative estimate of drug-likeness (QED) is 0.645. The molecule has 1 aliphatic rings. The largest absolute Gasteiger partial charge is 0.367 e. The summed E-state index contributed by atoms with van der Waals surface area (Å²) in [5, 5.41) is 14.1. The number of nitrogens with zero attached hydrogens (tertiary/aromatic N) is 6. The van der Waals surface area contributed by atoms with Crippen molar-refractivity contribution in [2.45, 2.75) is 6.92 Å². The molecule has 0 saturated carbocycles. The molecule has 2 heterocycles. The first-order chi connectivity index (χ1) is 14.5. The average molecular weight is 425 g/mol. The molecule has 2 aromatic carbocycles. The van der Waals surface area contributed by atoms with Crippen molar-refractivity contribution >= 4 is 23.2 Å². The van der Waals surface area contributed by atoms with Crippen LogP contribution in [0.4, 0.5) is 10.1 Å². The molecule has 1 aliphatic heterocycles. The fourth-order valence-corrected chi connectivity index (χ4v) is 3.73. The van der Waals surface area contributed by atoms with Gasteiger partial charge in [-0.3, -0.25) is 4.79 Å². The van der Waals surface area contributed by atoms with Crippen LogP contribution in [0, 0.1) is 24.1 Å². The van der Waals surface area contributed by atoms with E-state index in [0.29, 0.717) is 48.4 Å². The summed E-state index contributed by atoms with van der Waals surface area (Å²) in [6.45, 7) is 3.56. The summed E-state index contributed by atoms with van der Waals surface area (Å²) in [6, 6.07) is 13.7. The van der Waals surface area contributed by atoms with Gasteiger partial charge < -0.3 is 9.80 Å². The molecule has 1 fully saturated rings. The number of piperazine rings is 1. The summed E-state index contributed by atoms with van der Waals surface area (Å²) in [5.41, 5.74) is 1.22. The van der Waals surface area contributed by atoms with Crippen LogP contribution in [0.2, 0.25) is 5.02 Å². The second-order valence-corrected chi connectivity index (χ2v) is 7.28. The Morgan fingerprint density at radius 3 is 2.50 bits per heavy atom. The fraction of sp³-hybridized carbons (Fsp3) is 0.238. The van der Waals surface area contributed by atoms with Crippen molar-refractivity contribution in [2.24, 2.45) is 0 Å². The van der Waals surface area contributed by atoms with Gasteiger partial charge in [-0.05, 0) is 31.2 Å². The maximum atomic E-state index is 13.9. The Hall–Kier alpha value is -3.44. The van der Waals surface area contributed by atoms with Crippen LogP contribution in [-0.2, 0) is 0 Å². The Morgan fingerprint density at radius 2 is 1.80 bits per heavy atom. The molecule has 30 heavy (non-hydrogen) atoms. The number of aromatic nitrogens is 3.